The van der Waals surface area contributed by atoms with Crippen LogP contribution in [-0.4, -0.2) is 78.7 Å². The summed E-state index contributed by atoms with van der Waals surface area (Å²) < 4.78 is 5.09. The number of piperazine rings is 1. The number of hydrogen-bond donors (Lipinski definition) is 1. The Balaban J connectivity index is 1.44. The van der Waals surface area contributed by atoms with Gasteiger partial charge >= 0.3 is 12.1 Å². The number of piperidine rings is 1. The van der Waals surface area contributed by atoms with Crippen LogP contribution in [0.2, 0.25) is 0 Å². The summed E-state index contributed by atoms with van der Waals surface area (Å²) in [6, 6.07) is 6.55. The van der Waals surface area contributed by atoms with Crippen molar-refractivity contribution >= 4 is 17.8 Å². The topological polar surface area (TPSA) is 65.1 Å². The smallest absolute Gasteiger partial charge is 0.409 e. The standard InChI is InChI=1S/C21H32N4O3/c1-4-28-21(27)25-7-5-19(6-8-25)23-9-11-24(12-10-23)20(26)22-18-14-16(2)13-17(3)15-18/h13-15,19H,4-12H2,1-3H3,(H,22,26). The highest BCUT2D eigenvalue weighted by Gasteiger charge is 2.30. The number of likely N-dealkylation sites (tertiary alicyclic amines) is 1. The van der Waals surface area contributed by atoms with Crippen molar-refractivity contribution in [1.82, 2.24) is 14.7 Å². The summed E-state index contributed by atoms with van der Waals surface area (Å²) in [7, 11) is 0. The first kappa shape index (κ1) is 20.5. The second-order valence-electron chi connectivity index (χ2n) is 7.75. The molecule has 0 bridgehead atoms. The number of aryl methyl sites for hydroxylation is 2. The Morgan fingerprint density at radius 3 is 2.14 bits per heavy atom. The van der Waals surface area contributed by atoms with E-state index in [2.05, 4.69) is 16.3 Å². The Morgan fingerprint density at radius 2 is 1.57 bits per heavy atom. The zero-order valence-electron chi connectivity index (χ0n) is 17.2. The van der Waals surface area contributed by atoms with E-state index < -0.39 is 0 Å². The molecule has 2 heterocycles. The van der Waals surface area contributed by atoms with Crippen molar-refractivity contribution in [3.63, 3.8) is 0 Å². The highest BCUT2D eigenvalue weighted by molar-refractivity contribution is 5.89. The van der Waals surface area contributed by atoms with E-state index in [1.165, 1.54) is 0 Å². The Kier molecular flexibility index (Phi) is 6.78. The Bertz CT molecular complexity index is 673. The quantitative estimate of drug-likeness (QED) is 0.864. The van der Waals surface area contributed by atoms with E-state index in [9.17, 15) is 9.59 Å². The lowest BCUT2D eigenvalue weighted by Crippen LogP contribution is -2.55. The zero-order valence-corrected chi connectivity index (χ0v) is 17.2. The SMILES string of the molecule is CCOC(=O)N1CCC(N2CCN(C(=O)Nc3cc(C)cc(C)c3)CC2)CC1. The predicted octanol–water partition coefficient (Wildman–Crippen LogP) is 3.07. The van der Waals surface area contributed by atoms with Gasteiger partial charge in [-0.05, 0) is 56.9 Å². The highest BCUT2D eigenvalue weighted by Crippen LogP contribution is 2.20. The normalized spacial score (nSPS) is 18.8. The fraction of sp³-hybridized carbons (Fsp3) is 0.619. The van der Waals surface area contributed by atoms with Crippen molar-refractivity contribution < 1.29 is 14.3 Å². The molecular formula is C21H32N4O3. The molecule has 0 aromatic heterocycles. The van der Waals surface area contributed by atoms with Gasteiger partial charge in [-0.15, -0.1) is 0 Å². The van der Waals surface area contributed by atoms with Crippen LogP contribution < -0.4 is 5.32 Å². The summed E-state index contributed by atoms with van der Waals surface area (Å²) in [5.41, 5.74) is 3.15. The van der Waals surface area contributed by atoms with Crippen LogP contribution in [0.4, 0.5) is 15.3 Å². The van der Waals surface area contributed by atoms with Gasteiger partial charge < -0.3 is 19.9 Å². The molecule has 2 aliphatic rings. The number of ether oxygens (including phenoxy) is 1. The lowest BCUT2D eigenvalue weighted by molar-refractivity contribution is 0.0581. The fourth-order valence-electron chi connectivity index (χ4n) is 4.17. The van der Waals surface area contributed by atoms with Crippen LogP contribution in [0, 0.1) is 13.8 Å². The number of carbonyl (C=O) groups excluding carboxylic acids is 2. The summed E-state index contributed by atoms with van der Waals surface area (Å²) in [5.74, 6) is 0. The number of anilines is 1. The molecule has 2 aliphatic heterocycles. The molecule has 0 spiro atoms. The molecule has 28 heavy (non-hydrogen) atoms. The molecule has 7 nitrogen and oxygen atoms in total. The highest BCUT2D eigenvalue weighted by atomic mass is 16.6. The Hall–Kier alpha value is -2.28. The van der Waals surface area contributed by atoms with Gasteiger partial charge in [0.2, 0.25) is 0 Å². The van der Waals surface area contributed by atoms with E-state index in [1.54, 1.807) is 4.90 Å². The third-order valence-electron chi connectivity index (χ3n) is 5.58. The van der Waals surface area contributed by atoms with Crippen molar-refractivity contribution in [2.24, 2.45) is 0 Å². The summed E-state index contributed by atoms with van der Waals surface area (Å²) >= 11 is 0. The minimum Gasteiger partial charge on any atom is -0.450 e. The molecule has 0 unspecified atom stereocenters. The number of benzene rings is 1. The van der Waals surface area contributed by atoms with Crippen molar-refractivity contribution in [3.8, 4) is 0 Å². The molecule has 0 saturated carbocycles. The molecule has 154 valence electrons. The van der Waals surface area contributed by atoms with E-state index in [0.29, 0.717) is 12.6 Å². The Labute approximate surface area is 167 Å². The average Bonchev–Trinajstić information content (AvgIpc) is 2.67. The minimum atomic E-state index is -0.200. The number of hydrogen-bond acceptors (Lipinski definition) is 4. The predicted molar refractivity (Wildman–Crippen MR) is 110 cm³/mol. The number of nitrogens with zero attached hydrogens (tertiary/aromatic N) is 3. The maximum atomic E-state index is 12.6. The minimum absolute atomic E-state index is 0.0261. The molecule has 1 N–H and O–H groups in total. The van der Waals surface area contributed by atoms with Crippen molar-refractivity contribution in [3.05, 3.63) is 29.3 Å². The first-order valence-corrected chi connectivity index (χ1v) is 10.3. The second-order valence-corrected chi connectivity index (χ2v) is 7.75. The molecule has 3 amide bonds. The number of rotatable bonds is 3. The van der Waals surface area contributed by atoms with Gasteiger partial charge in [-0.1, -0.05) is 6.07 Å². The molecule has 0 aliphatic carbocycles. The van der Waals surface area contributed by atoms with Gasteiger partial charge in [0.15, 0.2) is 0 Å². The van der Waals surface area contributed by atoms with E-state index in [0.717, 1.165) is 68.9 Å². The molecular weight excluding hydrogens is 356 g/mol. The largest absolute Gasteiger partial charge is 0.450 e. The lowest BCUT2D eigenvalue weighted by Gasteiger charge is -2.42. The third kappa shape index (κ3) is 5.16. The van der Waals surface area contributed by atoms with E-state index >= 15 is 0 Å². The monoisotopic (exact) mass is 388 g/mol. The maximum absolute atomic E-state index is 12.6. The average molecular weight is 389 g/mol. The van der Waals surface area contributed by atoms with Crippen LogP contribution >= 0.6 is 0 Å². The molecule has 1 aromatic rings. The fourth-order valence-corrected chi connectivity index (χ4v) is 4.17. The van der Waals surface area contributed by atoms with Gasteiger partial charge in [0.05, 0.1) is 6.61 Å². The van der Waals surface area contributed by atoms with Crippen LogP contribution in [-0.2, 0) is 4.74 Å². The number of urea groups is 1. The maximum Gasteiger partial charge on any atom is 0.409 e. The first-order chi connectivity index (χ1) is 13.5. The summed E-state index contributed by atoms with van der Waals surface area (Å²) in [6.07, 6.45) is 1.73. The van der Waals surface area contributed by atoms with Gasteiger partial charge in [0, 0.05) is 51.0 Å². The van der Waals surface area contributed by atoms with Crippen LogP contribution in [0.25, 0.3) is 0 Å². The molecule has 3 rings (SSSR count). The van der Waals surface area contributed by atoms with Crippen molar-refractivity contribution in [1.29, 1.82) is 0 Å². The molecule has 1 aromatic carbocycles. The zero-order chi connectivity index (χ0) is 20.1. The number of carbonyl (C=O) groups is 2. The third-order valence-corrected chi connectivity index (χ3v) is 5.58. The van der Waals surface area contributed by atoms with Crippen LogP contribution in [0.15, 0.2) is 18.2 Å². The molecule has 2 saturated heterocycles. The van der Waals surface area contributed by atoms with E-state index in [4.69, 9.17) is 4.74 Å². The molecule has 7 heteroatoms. The van der Waals surface area contributed by atoms with Gasteiger partial charge in [0.1, 0.15) is 0 Å². The van der Waals surface area contributed by atoms with Crippen molar-refractivity contribution in [2.75, 3.05) is 51.2 Å². The summed E-state index contributed by atoms with van der Waals surface area (Å²) in [6.45, 7) is 11.0. The van der Waals surface area contributed by atoms with Crippen LogP contribution in [0.3, 0.4) is 0 Å². The van der Waals surface area contributed by atoms with Crippen LogP contribution in [0.5, 0.6) is 0 Å². The van der Waals surface area contributed by atoms with E-state index in [-0.39, 0.29) is 12.1 Å². The Morgan fingerprint density at radius 1 is 0.964 bits per heavy atom. The summed E-state index contributed by atoms with van der Waals surface area (Å²) in [4.78, 5) is 30.6. The molecule has 0 radical (unpaired) electrons. The van der Waals surface area contributed by atoms with Crippen molar-refractivity contribution in [2.45, 2.75) is 39.7 Å². The van der Waals surface area contributed by atoms with Gasteiger partial charge in [-0.3, -0.25) is 4.90 Å². The first-order valence-electron chi connectivity index (χ1n) is 10.3. The molecule has 2 fully saturated rings. The molecule has 0 atom stereocenters. The summed E-state index contributed by atoms with van der Waals surface area (Å²) in [5, 5.41) is 3.03. The van der Waals surface area contributed by atoms with Gasteiger partial charge in [-0.2, -0.15) is 0 Å². The lowest BCUT2D eigenvalue weighted by atomic mass is 10.0. The number of nitrogens with one attached hydrogen (secondary N) is 1. The number of amides is 3. The van der Waals surface area contributed by atoms with Gasteiger partial charge in [0.25, 0.3) is 0 Å². The van der Waals surface area contributed by atoms with Gasteiger partial charge in [-0.25, -0.2) is 9.59 Å². The van der Waals surface area contributed by atoms with E-state index in [1.807, 2.05) is 37.8 Å². The van der Waals surface area contributed by atoms with Crippen LogP contribution in [0.1, 0.15) is 30.9 Å². The second kappa shape index (κ2) is 9.28.